The quantitative estimate of drug-likeness (QED) is 0.795. The highest BCUT2D eigenvalue weighted by atomic mass is 16.5. The molecule has 0 saturated heterocycles. The van der Waals surface area contributed by atoms with Gasteiger partial charge in [0.1, 0.15) is 11.3 Å². The Hall–Kier alpha value is -1.55. The molecule has 0 aliphatic heterocycles. The van der Waals surface area contributed by atoms with Gasteiger partial charge in [0.05, 0.1) is 6.61 Å². The fraction of sp³-hybridized carbons (Fsp3) is 0.533. The van der Waals surface area contributed by atoms with Crippen molar-refractivity contribution in [3.8, 4) is 5.75 Å². The molecule has 0 aromatic heterocycles. The van der Waals surface area contributed by atoms with Crippen LogP contribution in [0.4, 0.5) is 0 Å². The van der Waals surface area contributed by atoms with Crippen molar-refractivity contribution in [3.05, 3.63) is 29.8 Å². The Labute approximate surface area is 114 Å². The van der Waals surface area contributed by atoms with Crippen LogP contribution in [0.1, 0.15) is 38.7 Å². The molecule has 1 rings (SSSR count). The number of carboxylic acid groups (broad SMARTS) is 1. The van der Waals surface area contributed by atoms with Crippen molar-refractivity contribution in [2.75, 3.05) is 13.7 Å². The van der Waals surface area contributed by atoms with Crippen molar-refractivity contribution in [2.45, 2.75) is 38.6 Å². The van der Waals surface area contributed by atoms with Crippen LogP contribution in [0.5, 0.6) is 5.75 Å². The molecule has 0 spiro atoms. The smallest absolute Gasteiger partial charge is 0.323 e. The first kappa shape index (κ1) is 15.5. The summed E-state index contributed by atoms with van der Waals surface area (Å²) in [6.45, 7) is 6.30. The summed E-state index contributed by atoms with van der Waals surface area (Å²) >= 11 is 0. The maximum atomic E-state index is 11.1. The molecule has 1 aromatic carbocycles. The van der Waals surface area contributed by atoms with Gasteiger partial charge in [-0.05, 0) is 37.6 Å². The van der Waals surface area contributed by atoms with E-state index in [1.54, 1.807) is 14.0 Å². The number of carbonyl (C=O) groups is 1. The molecule has 4 nitrogen and oxygen atoms in total. The monoisotopic (exact) mass is 265 g/mol. The molecule has 2 N–H and O–H groups in total. The summed E-state index contributed by atoms with van der Waals surface area (Å²) in [6.07, 6.45) is 0.408. The number of benzene rings is 1. The van der Waals surface area contributed by atoms with Crippen LogP contribution in [0.15, 0.2) is 24.3 Å². The van der Waals surface area contributed by atoms with Crippen LogP contribution < -0.4 is 10.1 Å². The van der Waals surface area contributed by atoms with E-state index in [1.165, 1.54) is 5.56 Å². The zero-order chi connectivity index (χ0) is 14.5. The van der Waals surface area contributed by atoms with Crippen LogP contribution in [-0.2, 0) is 4.79 Å². The largest absolute Gasteiger partial charge is 0.494 e. The lowest BCUT2D eigenvalue weighted by Crippen LogP contribution is -2.48. The molecule has 0 saturated carbocycles. The van der Waals surface area contributed by atoms with Crippen LogP contribution in [0.3, 0.4) is 0 Å². The summed E-state index contributed by atoms with van der Waals surface area (Å²) in [6, 6.07) is 7.92. The lowest BCUT2D eigenvalue weighted by atomic mass is 9.99. The molecule has 0 fully saturated rings. The van der Waals surface area contributed by atoms with E-state index in [-0.39, 0.29) is 0 Å². The minimum atomic E-state index is -0.947. The number of likely N-dealkylation sites (N-methyl/N-ethyl adjacent to an activating group) is 1. The Balaban J connectivity index is 2.51. The second-order valence-electron chi connectivity index (χ2n) is 5.21. The van der Waals surface area contributed by atoms with E-state index in [0.717, 1.165) is 5.75 Å². The number of nitrogens with one attached hydrogen (secondary N) is 1. The molecule has 19 heavy (non-hydrogen) atoms. The third-order valence-corrected chi connectivity index (χ3v) is 3.44. The van der Waals surface area contributed by atoms with E-state index in [0.29, 0.717) is 18.9 Å². The molecule has 1 unspecified atom stereocenters. The van der Waals surface area contributed by atoms with Gasteiger partial charge in [0.2, 0.25) is 0 Å². The topological polar surface area (TPSA) is 58.6 Å². The van der Waals surface area contributed by atoms with Gasteiger partial charge >= 0.3 is 5.97 Å². The number of rotatable bonds is 7. The van der Waals surface area contributed by atoms with Gasteiger partial charge in [0.25, 0.3) is 0 Å². The van der Waals surface area contributed by atoms with E-state index in [9.17, 15) is 4.79 Å². The van der Waals surface area contributed by atoms with Crippen molar-refractivity contribution in [2.24, 2.45) is 0 Å². The Morgan fingerprint density at radius 2 is 1.95 bits per heavy atom. The molecule has 0 amide bonds. The number of hydrogen-bond acceptors (Lipinski definition) is 3. The molecule has 0 aliphatic carbocycles. The molecule has 0 radical (unpaired) electrons. The highest BCUT2D eigenvalue weighted by Crippen LogP contribution is 2.19. The van der Waals surface area contributed by atoms with Gasteiger partial charge < -0.3 is 15.2 Å². The van der Waals surface area contributed by atoms with E-state index in [1.807, 2.05) is 24.3 Å². The molecule has 0 bridgehead atoms. The van der Waals surface area contributed by atoms with Gasteiger partial charge in [-0.2, -0.15) is 0 Å². The first-order chi connectivity index (χ1) is 8.89. The average Bonchev–Trinajstić information content (AvgIpc) is 2.38. The molecule has 106 valence electrons. The summed E-state index contributed by atoms with van der Waals surface area (Å²) in [5, 5.41) is 11.9. The first-order valence-electron chi connectivity index (χ1n) is 6.54. The van der Waals surface area contributed by atoms with Gasteiger partial charge in [0, 0.05) is 6.42 Å². The summed E-state index contributed by atoms with van der Waals surface area (Å²) in [5.41, 5.74) is 0.315. The SMILES string of the molecule is CNC(C)(CCOc1ccc(C(C)C)cc1)C(=O)O. The zero-order valence-corrected chi connectivity index (χ0v) is 12.1. The first-order valence-corrected chi connectivity index (χ1v) is 6.54. The number of aliphatic carboxylic acids is 1. The van der Waals surface area contributed by atoms with Crippen LogP contribution in [0, 0.1) is 0 Å². The number of carboxylic acids is 1. The Morgan fingerprint density at radius 1 is 1.37 bits per heavy atom. The van der Waals surface area contributed by atoms with Gasteiger partial charge in [-0.25, -0.2) is 0 Å². The zero-order valence-electron chi connectivity index (χ0n) is 12.1. The van der Waals surface area contributed by atoms with Crippen LogP contribution in [0.25, 0.3) is 0 Å². The van der Waals surface area contributed by atoms with E-state index < -0.39 is 11.5 Å². The minimum Gasteiger partial charge on any atom is -0.494 e. The maximum Gasteiger partial charge on any atom is 0.323 e. The fourth-order valence-corrected chi connectivity index (χ4v) is 1.66. The van der Waals surface area contributed by atoms with Crippen molar-refractivity contribution in [1.29, 1.82) is 0 Å². The van der Waals surface area contributed by atoms with Crippen molar-refractivity contribution < 1.29 is 14.6 Å². The minimum absolute atomic E-state index is 0.366. The summed E-state index contributed by atoms with van der Waals surface area (Å²) in [5.74, 6) is 0.399. The average molecular weight is 265 g/mol. The highest BCUT2D eigenvalue weighted by Gasteiger charge is 2.30. The molecule has 4 heteroatoms. The third-order valence-electron chi connectivity index (χ3n) is 3.44. The summed E-state index contributed by atoms with van der Waals surface area (Å²) in [4.78, 5) is 11.1. The molecular weight excluding hydrogens is 242 g/mol. The fourth-order valence-electron chi connectivity index (χ4n) is 1.66. The van der Waals surface area contributed by atoms with Gasteiger partial charge in [0.15, 0.2) is 0 Å². The molecular formula is C15H23NO3. The summed E-state index contributed by atoms with van der Waals surface area (Å²) in [7, 11) is 1.64. The standard InChI is InChI=1S/C15H23NO3/c1-11(2)12-5-7-13(8-6-12)19-10-9-15(3,16-4)14(17)18/h5-8,11,16H,9-10H2,1-4H3,(H,17,18). The van der Waals surface area contributed by atoms with Gasteiger partial charge in [-0.1, -0.05) is 26.0 Å². The normalized spacial score (nSPS) is 14.2. The lowest BCUT2D eigenvalue weighted by Gasteiger charge is -2.24. The highest BCUT2D eigenvalue weighted by molar-refractivity contribution is 5.78. The molecule has 1 aromatic rings. The van der Waals surface area contributed by atoms with Crippen molar-refractivity contribution in [3.63, 3.8) is 0 Å². The Bertz CT molecular complexity index is 414. The predicted octanol–water partition coefficient (Wildman–Crippen LogP) is 2.64. The van der Waals surface area contributed by atoms with Crippen LogP contribution in [0.2, 0.25) is 0 Å². The second-order valence-corrected chi connectivity index (χ2v) is 5.21. The molecule has 0 heterocycles. The lowest BCUT2D eigenvalue weighted by molar-refractivity contribution is -0.144. The van der Waals surface area contributed by atoms with E-state index in [2.05, 4.69) is 19.2 Å². The van der Waals surface area contributed by atoms with E-state index in [4.69, 9.17) is 9.84 Å². The van der Waals surface area contributed by atoms with E-state index >= 15 is 0 Å². The second kappa shape index (κ2) is 6.57. The number of ether oxygens (including phenoxy) is 1. The van der Waals surface area contributed by atoms with Gasteiger partial charge in [-0.15, -0.1) is 0 Å². The van der Waals surface area contributed by atoms with Crippen molar-refractivity contribution >= 4 is 5.97 Å². The predicted molar refractivity (Wildman–Crippen MR) is 75.7 cm³/mol. The molecule has 1 atom stereocenters. The summed E-state index contributed by atoms with van der Waals surface area (Å²) < 4.78 is 5.59. The number of hydrogen-bond donors (Lipinski definition) is 2. The van der Waals surface area contributed by atoms with Crippen molar-refractivity contribution in [1.82, 2.24) is 5.32 Å². The maximum absolute atomic E-state index is 11.1. The van der Waals surface area contributed by atoms with Crippen LogP contribution in [-0.4, -0.2) is 30.3 Å². The third kappa shape index (κ3) is 4.24. The Morgan fingerprint density at radius 3 is 2.37 bits per heavy atom. The van der Waals surface area contributed by atoms with Gasteiger partial charge in [-0.3, -0.25) is 4.79 Å². The van der Waals surface area contributed by atoms with Crippen LogP contribution >= 0.6 is 0 Å². The molecule has 0 aliphatic rings. The Kier molecular flexibility index (Phi) is 5.36.